The zero-order valence-corrected chi connectivity index (χ0v) is 29.0. The molecule has 0 spiro atoms. The molecule has 4 rings (SSSR count). The predicted octanol–water partition coefficient (Wildman–Crippen LogP) is 8.05. The topological polar surface area (TPSA) is 86.8 Å². The molecular weight excluding hydrogens is 688 g/mol. The fraction of sp³-hybridized carbons (Fsp3) is 0.235. The van der Waals surface area contributed by atoms with Crippen molar-refractivity contribution >= 4 is 73.9 Å². The molecule has 0 aromatic heterocycles. The van der Waals surface area contributed by atoms with Gasteiger partial charge in [-0.25, -0.2) is 8.42 Å². The largest absolute Gasteiger partial charge is 0.352 e. The maximum atomic E-state index is 14.5. The van der Waals surface area contributed by atoms with E-state index >= 15 is 0 Å². The number of nitrogens with zero attached hydrogens (tertiary/aromatic N) is 2. The van der Waals surface area contributed by atoms with E-state index in [0.29, 0.717) is 22.0 Å². The minimum Gasteiger partial charge on any atom is -0.352 e. The first-order chi connectivity index (χ1) is 21.9. The molecule has 4 aromatic carbocycles. The van der Waals surface area contributed by atoms with Crippen molar-refractivity contribution < 1.29 is 18.0 Å². The summed E-state index contributed by atoms with van der Waals surface area (Å²) >= 11 is 25.2. The third kappa shape index (κ3) is 8.96. The van der Waals surface area contributed by atoms with Crippen LogP contribution in [0.1, 0.15) is 31.4 Å². The first-order valence-corrected chi connectivity index (χ1v) is 17.5. The number of sulfonamides is 1. The molecule has 2 amide bonds. The van der Waals surface area contributed by atoms with Crippen LogP contribution in [-0.2, 0) is 32.6 Å². The molecule has 46 heavy (non-hydrogen) atoms. The maximum Gasteiger partial charge on any atom is 0.264 e. The van der Waals surface area contributed by atoms with Crippen LogP contribution in [0.25, 0.3) is 0 Å². The first kappa shape index (κ1) is 35.6. The summed E-state index contributed by atoms with van der Waals surface area (Å²) in [5, 5.41) is 3.93. The molecule has 0 saturated carbocycles. The number of carbonyl (C=O) groups is 2. The van der Waals surface area contributed by atoms with Crippen molar-refractivity contribution in [2.75, 3.05) is 10.8 Å². The summed E-state index contributed by atoms with van der Waals surface area (Å²) in [7, 11) is -4.31. The van der Waals surface area contributed by atoms with Crippen molar-refractivity contribution in [2.45, 2.75) is 50.2 Å². The van der Waals surface area contributed by atoms with Crippen molar-refractivity contribution in [3.63, 3.8) is 0 Å². The average Bonchev–Trinajstić information content (AvgIpc) is 3.04. The number of halogens is 4. The van der Waals surface area contributed by atoms with E-state index in [-0.39, 0.29) is 45.5 Å². The van der Waals surface area contributed by atoms with E-state index in [1.54, 1.807) is 36.4 Å². The van der Waals surface area contributed by atoms with Crippen LogP contribution in [-0.4, -0.2) is 43.8 Å². The van der Waals surface area contributed by atoms with Gasteiger partial charge in [-0.05, 0) is 66.9 Å². The second-order valence-corrected chi connectivity index (χ2v) is 14.2. The van der Waals surface area contributed by atoms with Gasteiger partial charge in [0.25, 0.3) is 10.0 Å². The second-order valence-electron chi connectivity index (χ2n) is 10.7. The highest BCUT2D eigenvalue weighted by Gasteiger charge is 2.35. The SMILES string of the molecule is CCC(C)NC(=O)C(Cc1ccccc1)N(Cc1ccc(Cl)c(Cl)c1)C(=O)CN(c1ccc(Cl)cc1Cl)S(=O)(=O)c1ccccc1. The molecule has 12 heteroatoms. The van der Waals surface area contributed by atoms with E-state index in [1.165, 1.54) is 35.2 Å². The summed E-state index contributed by atoms with van der Waals surface area (Å²) in [6.07, 6.45) is 0.839. The molecule has 0 aliphatic rings. The van der Waals surface area contributed by atoms with Gasteiger partial charge in [0.05, 0.1) is 25.7 Å². The summed E-state index contributed by atoms with van der Waals surface area (Å²) in [5.41, 5.74) is 1.47. The summed E-state index contributed by atoms with van der Waals surface area (Å²) < 4.78 is 29.1. The predicted molar refractivity (Wildman–Crippen MR) is 186 cm³/mol. The second kappa shape index (κ2) is 16.0. The average molecular weight is 722 g/mol. The number of rotatable bonds is 13. The fourth-order valence-electron chi connectivity index (χ4n) is 4.75. The van der Waals surface area contributed by atoms with Gasteiger partial charge in [-0.3, -0.25) is 13.9 Å². The van der Waals surface area contributed by atoms with Gasteiger partial charge in [0.1, 0.15) is 12.6 Å². The Morgan fingerprint density at radius 1 is 0.783 bits per heavy atom. The summed E-state index contributed by atoms with van der Waals surface area (Å²) in [6.45, 7) is 3.09. The maximum absolute atomic E-state index is 14.5. The van der Waals surface area contributed by atoms with E-state index in [0.717, 1.165) is 9.87 Å². The highest BCUT2D eigenvalue weighted by molar-refractivity contribution is 7.92. The monoisotopic (exact) mass is 719 g/mol. The van der Waals surface area contributed by atoms with E-state index in [2.05, 4.69) is 5.32 Å². The summed E-state index contributed by atoms with van der Waals surface area (Å²) in [4.78, 5) is 29.8. The normalized spacial score (nSPS) is 12.7. The number of hydrogen-bond donors (Lipinski definition) is 1. The smallest absolute Gasteiger partial charge is 0.264 e. The zero-order chi connectivity index (χ0) is 33.4. The van der Waals surface area contributed by atoms with Crippen LogP contribution in [0.15, 0.2) is 102 Å². The van der Waals surface area contributed by atoms with E-state index in [9.17, 15) is 18.0 Å². The van der Waals surface area contributed by atoms with Gasteiger partial charge in [-0.2, -0.15) is 0 Å². The number of hydrogen-bond acceptors (Lipinski definition) is 4. The first-order valence-electron chi connectivity index (χ1n) is 14.5. The molecule has 0 heterocycles. The summed E-state index contributed by atoms with van der Waals surface area (Å²) in [5.74, 6) is -1.02. The van der Waals surface area contributed by atoms with Crippen LogP contribution in [0.4, 0.5) is 5.69 Å². The van der Waals surface area contributed by atoms with E-state index in [4.69, 9.17) is 46.4 Å². The molecule has 2 unspecified atom stereocenters. The Hall–Kier alpha value is -3.27. The van der Waals surface area contributed by atoms with Crippen LogP contribution in [0.3, 0.4) is 0 Å². The molecular formula is C34H33Cl4N3O4S. The zero-order valence-electron chi connectivity index (χ0n) is 25.2. The van der Waals surface area contributed by atoms with Gasteiger partial charge in [-0.1, -0.05) is 108 Å². The standard InChI is InChI=1S/C34H33Cl4N3O4S/c1-3-23(2)39-34(43)32(19-24-10-6-4-7-11-24)40(21-25-14-16-28(36)29(37)18-25)33(42)22-41(31-17-15-26(35)20-30(31)38)46(44,45)27-12-8-5-9-13-27/h4-18,20,23,32H,3,19,21-22H2,1-2H3,(H,39,43). The van der Waals surface area contributed by atoms with E-state index in [1.807, 2.05) is 44.2 Å². The Labute approximate surface area is 290 Å². The number of anilines is 1. The van der Waals surface area contributed by atoms with Crippen molar-refractivity contribution in [2.24, 2.45) is 0 Å². The quantitative estimate of drug-likeness (QED) is 0.152. The highest BCUT2D eigenvalue weighted by Crippen LogP contribution is 2.33. The van der Waals surface area contributed by atoms with Gasteiger partial charge in [0.15, 0.2) is 0 Å². The van der Waals surface area contributed by atoms with Crippen LogP contribution < -0.4 is 9.62 Å². The van der Waals surface area contributed by atoms with Crippen LogP contribution in [0.2, 0.25) is 20.1 Å². The number of amides is 2. The highest BCUT2D eigenvalue weighted by atomic mass is 35.5. The lowest BCUT2D eigenvalue weighted by atomic mass is 10.0. The van der Waals surface area contributed by atoms with Gasteiger partial charge >= 0.3 is 0 Å². The summed E-state index contributed by atoms with van der Waals surface area (Å²) in [6, 6.07) is 25.1. The lowest BCUT2D eigenvalue weighted by Gasteiger charge is -2.34. The van der Waals surface area contributed by atoms with Crippen molar-refractivity contribution in [1.82, 2.24) is 10.2 Å². The lowest BCUT2D eigenvalue weighted by molar-refractivity contribution is -0.140. The molecule has 7 nitrogen and oxygen atoms in total. The molecule has 0 aliphatic heterocycles. The Bertz CT molecular complexity index is 1780. The van der Waals surface area contributed by atoms with E-state index < -0.39 is 28.5 Å². The number of carbonyl (C=O) groups excluding carboxylic acids is 2. The molecule has 4 aromatic rings. The number of nitrogens with one attached hydrogen (secondary N) is 1. The van der Waals surface area contributed by atoms with Crippen LogP contribution in [0.5, 0.6) is 0 Å². The molecule has 1 N–H and O–H groups in total. The fourth-order valence-corrected chi connectivity index (χ4v) is 7.08. The Kier molecular flexibility index (Phi) is 12.4. The van der Waals surface area contributed by atoms with Gasteiger partial charge in [0.2, 0.25) is 11.8 Å². The van der Waals surface area contributed by atoms with Gasteiger partial charge in [0, 0.05) is 24.0 Å². The Morgan fingerprint density at radius 3 is 2.04 bits per heavy atom. The lowest BCUT2D eigenvalue weighted by Crippen LogP contribution is -2.54. The molecule has 0 fully saturated rings. The third-order valence-electron chi connectivity index (χ3n) is 7.40. The molecule has 242 valence electrons. The third-order valence-corrected chi connectivity index (χ3v) is 10.4. The Balaban J connectivity index is 1.84. The molecule has 0 radical (unpaired) electrons. The van der Waals surface area contributed by atoms with Gasteiger partial charge in [-0.15, -0.1) is 0 Å². The minimum atomic E-state index is -4.31. The van der Waals surface area contributed by atoms with Crippen molar-refractivity contribution in [3.8, 4) is 0 Å². The molecule has 0 saturated heterocycles. The van der Waals surface area contributed by atoms with Gasteiger partial charge < -0.3 is 10.2 Å². The molecule has 0 aliphatic carbocycles. The molecule has 2 atom stereocenters. The van der Waals surface area contributed by atoms with Crippen LogP contribution >= 0.6 is 46.4 Å². The van der Waals surface area contributed by atoms with Crippen LogP contribution in [0, 0.1) is 0 Å². The number of benzene rings is 4. The molecule has 0 bridgehead atoms. The minimum absolute atomic E-state index is 0.0335. The Morgan fingerprint density at radius 2 is 1.43 bits per heavy atom. The van der Waals surface area contributed by atoms with Crippen molar-refractivity contribution in [3.05, 3.63) is 128 Å². The van der Waals surface area contributed by atoms with Crippen molar-refractivity contribution in [1.29, 1.82) is 0 Å².